The van der Waals surface area contributed by atoms with Gasteiger partial charge in [-0.3, -0.25) is 0 Å². The zero-order valence-electron chi connectivity index (χ0n) is 9.92. The van der Waals surface area contributed by atoms with Crippen molar-refractivity contribution < 1.29 is 4.39 Å². The third kappa shape index (κ3) is 3.55. The molecule has 0 bridgehead atoms. The number of nitrogens with zero attached hydrogens (tertiary/aromatic N) is 1. The van der Waals surface area contributed by atoms with Gasteiger partial charge in [0.25, 0.3) is 0 Å². The van der Waals surface area contributed by atoms with Gasteiger partial charge in [-0.15, -0.1) is 0 Å². The molecule has 0 saturated heterocycles. The molecule has 0 spiro atoms. The van der Waals surface area contributed by atoms with Crippen LogP contribution < -0.4 is 5.32 Å². The summed E-state index contributed by atoms with van der Waals surface area (Å²) in [6, 6.07) is 4.73. The van der Waals surface area contributed by atoms with E-state index in [-0.39, 0.29) is 5.82 Å². The normalized spacial score (nSPS) is 10.8. The van der Waals surface area contributed by atoms with E-state index in [0.29, 0.717) is 17.1 Å². The molecule has 2 rings (SSSR count). The summed E-state index contributed by atoms with van der Waals surface area (Å²) in [5.41, 5.74) is 0.525. The fraction of sp³-hybridized carbons (Fsp3) is 0.308. The highest BCUT2D eigenvalue weighted by Crippen LogP contribution is 2.18. The van der Waals surface area contributed by atoms with Crippen LogP contribution in [0.1, 0.15) is 17.8 Å². The average Bonchev–Trinajstić information content (AvgIpc) is 2.85. The summed E-state index contributed by atoms with van der Waals surface area (Å²) < 4.78 is 13.4. The molecule has 0 atom stereocenters. The fourth-order valence-electron chi connectivity index (χ4n) is 1.73. The molecular weight excluding hydrogens is 253 g/mol. The lowest BCUT2D eigenvalue weighted by Gasteiger charge is -2.07. The second-order valence-corrected chi connectivity index (χ2v) is 4.42. The molecule has 0 aliphatic heterocycles. The van der Waals surface area contributed by atoms with Crippen LogP contribution in [-0.2, 0) is 13.0 Å². The number of aromatic amines is 1. The number of aryl methyl sites for hydroxylation is 1. The summed E-state index contributed by atoms with van der Waals surface area (Å²) in [6.07, 6.45) is 5.37. The first-order valence-corrected chi connectivity index (χ1v) is 6.27. The first kappa shape index (κ1) is 13.1. The predicted octanol–water partition coefficient (Wildman–Crippen LogP) is 2.92. The number of aromatic nitrogens is 2. The Morgan fingerprint density at radius 1 is 1.39 bits per heavy atom. The van der Waals surface area contributed by atoms with Crippen molar-refractivity contribution >= 4 is 11.6 Å². The molecule has 0 amide bonds. The maximum absolute atomic E-state index is 13.4. The molecule has 1 heterocycles. The average molecular weight is 268 g/mol. The van der Waals surface area contributed by atoms with Crippen molar-refractivity contribution in [1.29, 1.82) is 0 Å². The van der Waals surface area contributed by atoms with E-state index in [9.17, 15) is 4.39 Å². The topological polar surface area (TPSA) is 40.7 Å². The van der Waals surface area contributed by atoms with E-state index < -0.39 is 0 Å². The van der Waals surface area contributed by atoms with Gasteiger partial charge in [-0.25, -0.2) is 9.37 Å². The largest absolute Gasteiger partial charge is 0.349 e. The second-order valence-electron chi connectivity index (χ2n) is 4.02. The lowest BCUT2D eigenvalue weighted by atomic mass is 10.2. The molecule has 0 radical (unpaired) electrons. The number of halogens is 2. The van der Waals surface area contributed by atoms with Gasteiger partial charge >= 0.3 is 0 Å². The van der Waals surface area contributed by atoms with Crippen LogP contribution in [0.3, 0.4) is 0 Å². The van der Waals surface area contributed by atoms with E-state index >= 15 is 0 Å². The standard InChI is InChI=1S/C13H15ClFN3/c14-11-3-1-4-12(15)10(11)9-16-6-2-5-13-17-7-8-18-13/h1,3-4,7-8,16H,2,5-6,9H2,(H,17,18). The van der Waals surface area contributed by atoms with Crippen LogP contribution in [0.4, 0.5) is 4.39 Å². The lowest BCUT2D eigenvalue weighted by molar-refractivity contribution is 0.580. The predicted molar refractivity (Wildman–Crippen MR) is 70.0 cm³/mol. The molecule has 2 aromatic rings. The van der Waals surface area contributed by atoms with Crippen molar-refractivity contribution in [2.75, 3.05) is 6.54 Å². The highest BCUT2D eigenvalue weighted by molar-refractivity contribution is 6.31. The summed E-state index contributed by atoms with van der Waals surface area (Å²) in [6.45, 7) is 1.25. The van der Waals surface area contributed by atoms with Gasteiger partial charge in [0.15, 0.2) is 0 Å². The van der Waals surface area contributed by atoms with Gasteiger partial charge in [0.1, 0.15) is 11.6 Å². The van der Waals surface area contributed by atoms with Crippen molar-refractivity contribution in [1.82, 2.24) is 15.3 Å². The molecule has 1 aromatic heterocycles. The van der Waals surface area contributed by atoms with Crippen LogP contribution >= 0.6 is 11.6 Å². The minimum atomic E-state index is -0.263. The van der Waals surface area contributed by atoms with E-state index in [2.05, 4.69) is 15.3 Å². The van der Waals surface area contributed by atoms with Gasteiger partial charge in [0.2, 0.25) is 0 Å². The molecule has 0 fully saturated rings. The Bertz CT molecular complexity index is 465. The van der Waals surface area contributed by atoms with Crippen LogP contribution in [0.15, 0.2) is 30.6 Å². The highest BCUT2D eigenvalue weighted by atomic mass is 35.5. The molecule has 5 heteroatoms. The molecular formula is C13H15ClFN3. The van der Waals surface area contributed by atoms with Crippen LogP contribution in [0.25, 0.3) is 0 Å². The summed E-state index contributed by atoms with van der Waals surface area (Å²) in [5.74, 6) is 0.710. The Kier molecular flexibility index (Phi) is 4.73. The van der Waals surface area contributed by atoms with E-state index in [0.717, 1.165) is 25.2 Å². The van der Waals surface area contributed by atoms with E-state index in [1.807, 2.05) is 6.20 Å². The number of hydrogen-bond donors (Lipinski definition) is 2. The third-order valence-electron chi connectivity index (χ3n) is 2.69. The van der Waals surface area contributed by atoms with E-state index in [1.165, 1.54) is 6.07 Å². The van der Waals surface area contributed by atoms with Gasteiger partial charge in [-0.2, -0.15) is 0 Å². The number of hydrogen-bond acceptors (Lipinski definition) is 2. The van der Waals surface area contributed by atoms with Crippen LogP contribution in [-0.4, -0.2) is 16.5 Å². The summed E-state index contributed by atoms with van der Waals surface area (Å²) in [7, 11) is 0. The van der Waals surface area contributed by atoms with Crippen LogP contribution in [0, 0.1) is 5.82 Å². The fourth-order valence-corrected chi connectivity index (χ4v) is 1.96. The minimum absolute atomic E-state index is 0.263. The summed E-state index contributed by atoms with van der Waals surface area (Å²) in [5, 5.41) is 3.65. The maximum Gasteiger partial charge on any atom is 0.129 e. The van der Waals surface area contributed by atoms with Gasteiger partial charge < -0.3 is 10.3 Å². The molecule has 1 aromatic carbocycles. The Hall–Kier alpha value is -1.39. The van der Waals surface area contributed by atoms with Crippen molar-refractivity contribution in [2.45, 2.75) is 19.4 Å². The zero-order valence-corrected chi connectivity index (χ0v) is 10.7. The number of H-pyrrole nitrogens is 1. The van der Waals surface area contributed by atoms with Crippen molar-refractivity contribution in [2.24, 2.45) is 0 Å². The van der Waals surface area contributed by atoms with E-state index in [1.54, 1.807) is 18.3 Å². The van der Waals surface area contributed by atoms with Crippen molar-refractivity contribution in [3.63, 3.8) is 0 Å². The van der Waals surface area contributed by atoms with Gasteiger partial charge in [0, 0.05) is 35.9 Å². The second kappa shape index (κ2) is 6.52. The quantitative estimate of drug-likeness (QED) is 0.790. The molecule has 3 nitrogen and oxygen atoms in total. The van der Waals surface area contributed by atoms with Crippen molar-refractivity contribution in [3.05, 3.63) is 52.8 Å². The Morgan fingerprint density at radius 2 is 2.28 bits per heavy atom. The Morgan fingerprint density at radius 3 is 3.00 bits per heavy atom. The molecule has 0 aliphatic carbocycles. The molecule has 18 heavy (non-hydrogen) atoms. The molecule has 0 saturated carbocycles. The van der Waals surface area contributed by atoms with Crippen LogP contribution in [0.5, 0.6) is 0 Å². The van der Waals surface area contributed by atoms with Gasteiger partial charge in [-0.05, 0) is 25.1 Å². The van der Waals surface area contributed by atoms with Gasteiger partial charge in [-0.1, -0.05) is 17.7 Å². The lowest BCUT2D eigenvalue weighted by Crippen LogP contribution is -2.16. The maximum atomic E-state index is 13.4. The Labute approximate surface area is 110 Å². The highest BCUT2D eigenvalue weighted by Gasteiger charge is 2.05. The number of imidazole rings is 1. The van der Waals surface area contributed by atoms with E-state index in [4.69, 9.17) is 11.6 Å². The Balaban J connectivity index is 1.72. The molecule has 0 unspecified atom stereocenters. The third-order valence-corrected chi connectivity index (χ3v) is 3.04. The molecule has 0 aliphatic rings. The number of benzene rings is 1. The number of rotatable bonds is 6. The van der Waals surface area contributed by atoms with Crippen molar-refractivity contribution in [3.8, 4) is 0 Å². The number of nitrogens with one attached hydrogen (secondary N) is 2. The first-order chi connectivity index (χ1) is 8.77. The first-order valence-electron chi connectivity index (χ1n) is 5.89. The zero-order chi connectivity index (χ0) is 12.8. The SMILES string of the molecule is Fc1cccc(Cl)c1CNCCCc1ncc[nH]1. The minimum Gasteiger partial charge on any atom is -0.349 e. The van der Waals surface area contributed by atoms with Crippen LogP contribution in [0.2, 0.25) is 5.02 Å². The molecule has 2 N–H and O–H groups in total. The van der Waals surface area contributed by atoms with Gasteiger partial charge in [0.05, 0.1) is 0 Å². The summed E-state index contributed by atoms with van der Waals surface area (Å²) in [4.78, 5) is 7.18. The molecule has 96 valence electrons. The monoisotopic (exact) mass is 267 g/mol. The summed E-state index contributed by atoms with van der Waals surface area (Å²) >= 11 is 5.93. The smallest absolute Gasteiger partial charge is 0.129 e.